The van der Waals surface area contributed by atoms with Crippen molar-refractivity contribution in [1.82, 2.24) is 23.3 Å². The Bertz CT molecular complexity index is 2890. The second-order valence-corrected chi connectivity index (χ2v) is 14.7. The smallest absolute Gasteiger partial charge is 0.338 e. The van der Waals surface area contributed by atoms with Gasteiger partial charge >= 0.3 is 17.7 Å². The van der Waals surface area contributed by atoms with Crippen LogP contribution >= 0.6 is 34.5 Å². The third-order valence-corrected chi connectivity index (χ3v) is 10.8. The Hall–Kier alpha value is -5.70. The molecule has 6 aromatic rings. The van der Waals surface area contributed by atoms with Crippen LogP contribution in [0.4, 0.5) is 0 Å². The fourth-order valence-electron chi connectivity index (χ4n) is 6.44. The van der Waals surface area contributed by atoms with Crippen LogP contribution in [0.2, 0.25) is 10.0 Å². The molecule has 1 unspecified atom stereocenters. The van der Waals surface area contributed by atoms with Gasteiger partial charge in [-0.05, 0) is 67.8 Å². The number of methoxy groups -OCH3 is 1. The van der Waals surface area contributed by atoms with Crippen molar-refractivity contribution in [2.45, 2.75) is 33.4 Å². The van der Waals surface area contributed by atoms with E-state index in [9.17, 15) is 19.2 Å². The molecule has 0 saturated carbocycles. The predicted octanol–water partition coefficient (Wildman–Crippen LogP) is 5.01. The lowest BCUT2D eigenvalue weighted by Crippen LogP contribution is -2.39. The third kappa shape index (κ3) is 6.81. The number of hydrogen-bond donors (Lipinski definition) is 0. The van der Waals surface area contributed by atoms with E-state index in [1.807, 2.05) is 31.2 Å². The Morgan fingerprint density at radius 2 is 1.69 bits per heavy atom. The maximum absolute atomic E-state index is 14.2. The number of esters is 1. The van der Waals surface area contributed by atoms with Crippen molar-refractivity contribution < 1.29 is 19.0 Å². The summed E-state index contributed by atoms with van der Waals surface area (Å²) in [5, 5.41) is 0.811. The third-order valence-electron chi connectivity index (χ3n) is 9.25. The lowest BCUT2D eigenvalue weighted by Gasteiger charge is -2.24. The molecule has 0 radical (unpaired) electrons. The van der Waals surface area contributed by atoms with Crippen LogP contribution in [0.5, 0.6) is 17.5 Å². The zero-order valence-corrected chi connectivity index (χ0v) is 32.9. The molecule has 0 fully saturated rings. The van der Waals surface area contributed by atoms with Gasteiger partial charge in [0.1, 0.15) is 0 Å². The molecule has 13 nitrogen and oxygen atoms in total. The molecule has 3 aromatic heterocycles. The van der Waals surface area contributed by atoms with E-state index in [0.29, 0.717) is 47.5 Å². The summed E-state index contributed by atoms with van der Waals surface area (Å²) in [7, 11) is 4.37. The number of aryl methyl sites for hydroxylation is 2. The number of hydrogen-bond acceptors (Lipinski definition) is 10. The summed E-state index contributed by atoms with van der Waals surface area (Å²) in [6, 6.07) is 17.0. The van der Waals surface area contributed by atoms with E-state index in [0.717, 1.165) is 15.7 Å². The molecule has 282 valence electrons. The van der Waals surface area contributed by atoms with Gasteiger partial charge in [0.25, 0.3) is 11.1 Å². The molecular weight excluding hydrogens is 767 g/mol. The average Bonchev–Trinajstić information content (AvgIpc) is 3.67. The van der Waals surface area contributed by atoms with Crippen molar-refractivity contribution in [3.05, 3.63) is 145 Å². The van der Waals surface area contributed by atoms with Crippen LogP contribution in [-0.4, -0.2) is 42.9 Å². The molecule has 1 aliphatic heterocycles. The molecule has 0 aliphatic carbocycles. The van der Waals surface area contributed by atoms with Gasteiger partial charge in [0.2, 0.25) is 0 Å². The van der Waals surface area contributed by atoms with Crippen LogP contribution in [0.15, 0.2) is 91.3 Å². The quantitative estimate of drug-likeness (QED) is 0.186. The minimum atomic E-state index is -0.735. The summed E-state index contributed by atoms with van der Waals surface area (Å²) in [5.74, 6) is 0.0106. The van der Waals surface area contributed by atoms with Gasteiger partial charge in [-0.2, -0.15) is 4.98 Å². The maximum Gasteiger partial charge on any atom is 0.338 e. The molecule has 0 N–H and O–H groups in total. The SMILES string of the molecule is CCOC(=O)C1=C(C)N=c2s/c(=C/c3ccc(Oc4nc5c(c(=O)n(C)c(=O)n5C)n4Cc4ccc(Cl)cc4Cl)c(OC)c3)c(=O)n2C1c1ccc(C)cc1. The zero-order valence-electron chi connectivity index (χ0n) is 30.5. The lowest BCUT2D eigenvalue weighted by molar-refractivity contribution is -0.139. The van der Waals surface area contributed by atoms with E-state index in [2.05, 4.69) is 9.98 Å². The number of nitrogens with zero attached hydrogens (tertiary/aromatic N) is 6. The number of fused-ring (bicyclic) bond motifs is 2. The molecule has 4 heterocycles. The minimum Gasteiger partial charge on any atom is -0.493 e. The highest BCUT2D eigenvalue weighted by Gasteiger charge is 2.33. The molecule has 1 aliphatic rings. The molecule has 1 atom stereocenters. The van der Waals surface area contributed by atoms with E-state index in [1.165, 1.54) is 46.2 Å². The normalized spacial score (nSPS) is 14.3. The second-order valence-electron chi connectivity index (χ2n) is 12.8. The van der Waals surface area contributed by atoms with Crippen molar-refractivity contribution >= 4 is 57.7 Å². The van der Waals surface area contributed by atoms with Crippen molar-refractivity contribution in [1.29, 1.82) is 0 Å². The number of imidazole rings is 1. The Balaban J connectivity index is 1.31. The molecule has 0 saturated heterocycles. The number of carbonyl (C=O) groups excluding carboxylic acids is 1. The Labute approximate surface area is 327 Å². The number of halogens is 2. The topological polar surface area (TPSA) is 141 Å². The molecule has 55 heavy (non-hydrogen) atoms. The first-order chi connectivity index (χ1) is 26.3. The van der Waals surface area contributed by atoms with Gasteiger partial charge in [-0.25, -0.2) is 14.6 Å². The first-order valence-corrected chi connectivity index (χ1v) is 18.6. The molecule has 16 heteroatoms. The van der Waals surface area contributed by atoms with Crippen LogP contribution in [0.3, 0.4) is 0 Å². The van der Waals surface area contributed by atoms with Gasteiger partial charge in [-0.15, -0.1) is 0 Å². The summed E-state index contributed by atoms with van der Waals surface area (Å²) in [4.78, 5) is 63.3. The Kier molecular flexibility index (Phi) is 10.2. The van der Waals surface area contributed by atoms with Crippen molar-refractivity contribution in [3.8, 4) is 17.5 Å². The predicted molar refractivity (Wildman–Crippen MR) is 210 cm³/mol. The van der Waals surface area contributed by atoms with Crippen molar-refractivity contribution in [2.24, 2.45) is 19.1 Å². The van der Waals surface area contributed by atoms with Crippen molar-refractivity contribution in [2.75, 3.05) is 13.7 Å². The van der Waals surface area contributed by atoms with Gasteiger partial charge in [0.15, 0.2) is 27.5 Å². The standard InChI is InChI=1S/C39H34Cl2N6O7S/c1-7-53-36(50)30-21(3)42-38-47(31(30)23-11-8-20(2)9-12-23)34(48)29(55-38)17-22-10-15-27(28(16-22)52-6)54-37-43-33-32(35(49)45(5)39(51)44(33)4)46(37)19-24-13-14-25(40)18-26(24)41/h8-18,31H,7,19H2,1-6H3/b29-17+. The monoisotopic (exact) mass is 800 g/mol. The number of carbonyl (C=O) groups is 1. The molecule has 0 spiro atoms. The molecule has 7 rings (SSSR count). The van der Waals surface area contributed by atoms with Gasteiger partial charge in [0.05, 0.1) is 42.1 Å². The highest BCUT2D eigenvalue weighted by Crippen LogP contribution is 2.35. The molecule has 0 amide bonds. The van der Waals surface area contributed by atoms with E-state index in [-0.39, 0.29) is 41.6 Å². The van der Waals surface area contributed by atoms with E-state index in [1.54, 1.807) is 56.3 Å². The molecule has 0 bridgehead atoms. The van der Waals surface area contributed by atoms with Crippen LogP contribution in [-0.2, 0) is 30.2 Å². The lowest BCUT2D eigenvalue weighted by atomic mass is 9.95. The van der Waals surface area contributed by atoms with Crippen LogP contribution in [0.1, 0.15) is 42.1 Å². The fourth-order valence-corrected chi connectivity index (χ4v) is 7.95. The highest BCUT2D eigenvalue weighted by molar-refractivity contribution is 7.07. The van der Waals surface area contributed by atoms with Crippen LogP contribution < -0.4 is 35.6 Å². The van der Waals surface area contributed by atoms with Crippen molar-refractivity contribution in [3.63, 3.8) is 0 Å². The van der Waals surface area contributed by atoms with Gasteiger partial charge in [0, 0.05) is 24.1 Å². The average molecular weight is 802 g/mol. The summed E-state index contributed by atoms with van der Waals surface area (Å²) < 4.78 is 23.2. The van der Waals surface area contributed by atoms with Gasteiger partial charge < -0.3 is 14.2 Å². The maximum atomic E-state index is 14.2. The van der Waals surface area contributed by atoms with Crippen LogP contribution in [0.25, 0.3) is 17.2 Å². The fraction of sp³-hybridized carbons (Fsp3) is 0.231. The second kappa shape index (κ2) is 14.9. The minimum absolute atomic E-state index is 0.00237. The van der Waals surface area contributed by atoms with E-state index >= 15 is 0 Å². The summed E-state index contributed by atoms with van der Waals surface area (Å²) in [6.45, 7) is 5.68. The van der Waals surface area contributed by atoms with Gasteiger partial charge in [-0.3, -0.25) is 27.9 Å². The number of rotatable bonds is 9. The number of thiazole rings is 1. The zero-order chi connectivity index (χ0) is 39.3. The van der Waals surface area contributed by atoms with E-state index < -0.39 is 23.3 Å². The number of benzene rings is 3. The van der Waals surface area contributed by atoms with E-state index in [4.69, 9.17) is 37.4 Å². The first-order valence-electron chi connectivity index (χ1n) is 17.0. The number of ether oxygens (including phenoxy) is 3. The molecular formula is C39H34Cl2N6O7S. The summed E-state index contributed by atoms with van der Waals surface area (Å²) in [6.07, 6.45) is 1.71. The van der Waals surface area contributed by atoms with Crippen LogP contribution in [0, 0.1) is 6.92 Å². The Morgan fingerprint density at radius 3 is 2.38 bits per heavy atom. The summed E-state index contributed by atoms with van der Waals surface area (Å²) >= 11 is 13.9. The Morgan fingerprint density at radius 1 is 0.945 bits per heavy atom. The largest absolute Gasteiger partial charge is 0.493 e. The first kappa shape index (κ1) is 37.6. The molecule has 3 aromatic carbocycles. The number of allylic oxidation sites excluding steroid dienone is 1. The summed E-state index contributed by atoms with van der Waals surface area (Å²) in [5.41, 5.74) is 2.60. The highest BCUT2D eigenvalue weighted by atomic mass is 35.5. The number of aromatic nitrogens is 5. The van der Waals surface area contributed by atoms with Gasteiger partial charge in [-0.1, -0.05) is 76.5 Å².